The fraction of sp³-hybridized carbons (Fsp3) is 0.150. The molecule has 21 heavy (non-hydrogen) atoms. The zero-order valence-corrected chi connectivity index (χ0v) is 12.7. The summed E-state index contributed by atoms with van der Waals surface area (Å²) in [4.78, 5) is 4.57. The minimum Gasteiger partial charge on any atom is -0.256 e. The van der Waals surface area contributed by atoms with E-state index in [4.69, 9.17) is 0 Å². The van der Waals surface area contributed by atoms with E-state index in [1.54, 1.807) is 0 Å². The molecule has 1 heteroatoms. The van der Waals surface area contributed by atoms with Gasteiger partial charge < -0.3 is 0 Å². The van der Waals surface area contributed by atoms with E-state index < -0.39 is 0 Å². The predicted molar refractivity (Wildman–Crippen MR) is 89.3 cm³/mol. The van der Waals surface area contributed by atoms with Gasteiger partial charge in [0.1, 0.15) is 0 Å². The van der Waals surface area contributed by atoms with Crippen LogP contribution in [0.1, 0.15) is 16.7 Å². The number of rotatable bonds is 2. The molecule has 0 bridgehead atoms. The van der Waals surface area contributed by atoms with Crippen LogP contribution in [0.3, 0.4) is 0 Å². The lowest BCUT2D eigenvalue weighted by atomic mass is 9.97. The molecule has 0 saturated heterocycles. The van der Waals surface area contributed by atoms with Crippen molar-refractivity contribution in [2.24, 2.45) is 0 Å². The van der Waals surface area contributed by atoms with E-state index in [9.17, 15) is 0 Å². The van der Waals surface area contributed by atoms with Crippen LogP contribution in [-0.2, 0) is 0 Å². The first kappa shape index (κ1) is 13.6. The Kier molecular flexibility index (Phi) is 3.57. The molecule has 0 aliphatic carbocycles. The Bertz CT molecular complexity index is 773. The van der Waals surface area contributed by atoms with Crippen molar-refractivity contribution in [2.75, 3.05) is 0 Å². The highest BCUT2D eigenvalue weighted by atomic mass is 14.7. The first-order chi connectivity index (χ1) is 10.1. The molecule has 0 aliphatic rings. The summed E-state index contributed by atoms with van der Waals surface area (Å²) >= 11 is 0. The molecule has 0 N–H and O–H groups in total. The van der Waals surface area contributed by atoms with Crippen LogP contribution in [-0.4, -0.2) is 4.98 Å². The van der Waals surface area contributed by atoms with E-state index in [1.807, 2.05) is 12.3 Å². The Labute approximate surface area is 126 Å². The molecular weight excluding hydrogens is 254 g/mol. The third-order valence-electron chi connectivity index (χ3n) is 3.98. The monoisotopic (exact) mass is 273 g/mol. The fourth-order valence-electron chi connectivity index (χ4n) is 2.53. The molecule has 0 unspecified atom stereocenters. The topological polar surface area (TPSA) is 12.9 Å². The Balaban J connectivity index is 2.04. The van der Waals surface area contributed by atoms with Crippen molar-refractivity contribution in [3.05, 3.63) is 77.5 Å². The summed E-state index contributed by atoms with van der Waals surface area (Å²) in [6.45, 7) is 6.38. The first-order valence-corrected chi connectivity index (χ1v) is 7.25. The van der Waals surface area contributed by atoms with Gasteiger partial charge in [0.05, 0.1) is 5.69 Å². The standard InChI is InChI=1S/C20H19N/c1-14-12-20(21-13-16(14)3)19-10-9-18(11-15(19)2)17-7-5-4-6-8-17/h4-13H,1-3H3. The molecule has 0 saturated carbocycles. The van der Waals surface area contributed by atoms with Crippen LogP contribution in [0.25, 0.3) is 22.4 Å². The smallest absolute Gasteiger partial charge is 0.0707 e. The normalized spacial score (nSPS) is 10.6. The molecule has 0 spiro atoms. The second-order valence-electron chi connectivity index (χ2n) is 5.55. The quantitative estimate of drug-likeness (QED) is 0.614. The zero-order chi connectivity index (χ0) is 14.8. The summed E-state index contributed by atoms with van der Waals surface area (Å²) < 4.78 is 0. The molecule has 2 aromatic carbocycles. The van der Waals surface area contributed by atoms with Gasteiger partial charge in [-0.1, -0.05) is 48.5 Å². The molecule has 0 atom stereocenters. The van der Waals surface area contributed by atoms with Crippen molar-refractivity contribution in [3.63, 3.8) is 0 Å². The highest BCUT2D eigenvalue weighted by Gasteiger charge is 2.06. The van der Waals surface area contributed by atoms with Crippen molar-refractivity contribution in [1.82, 2.24) is 4.98 Å². The van der Waals surface area contributed by atoms with Crippen LogP contribution in [0.15, 0.2) is 60.8 Å². The second kappa shape index (κ2) is 5.53. The van der Waals surface area contributed by atoms with Gasteiger partial charge in [0, 0.05) is 11.8 Å². The maximum atomic E-state index is 4.57. The van der Waals surface area contributed by atoms with Gasteiger partial charge >= 0.3 is 0 Å². The van der Waals surface area contributed by atoms with Crippen LogP contribution in [0.5, 0.6) is 0 Å². The molecule has 0 aliphatic heterocycles. The number of hydrogen-bond donors (Lipinski definition) is 0. The van der Waals surface area contributed by atoms with E-state index in [2.05, 4.69) is 74.3 Å². The summed E-state index contributed by atoms with van der Waals surface area (Å²) in [7, 11) is 0. The zero-order valence-electron chi connectivity index (χ0n) is 12.7. The van der Waals surface area contributed by atoms with Gasteiger partial charge in [-0.2, -0.15) is 0 Å². The summed E-state index contributed by atoms with van der Waals surface area (Å²) in [6.07, 6.45) is 1.95. The van der Waals surface area contributed by atoms with E-state index in [0.717, 1.165) is 5.69 Å². The van der Waals surface area contributed by atoms with Crippen LogP contribution >= 0.6 is 0 Å². The van der Waals surface area contributed by atoms with Crippen molar-refractivity contribution in [1.29, 1.82) is 0 Å². The van der Waals surface area contributed by atoms with Crippen molar-refractivity contribution in [3.8, 4) is 22.4 Å². The third-order valence-corrected chi connectivity index (χ3v) is 3.98. The molecular formula is C20H19N. The SMILES string of the molecule is Cc1cnc(-c2ccc(-c3ccccc3)cc2C)cc1C. The van der Waals surface area contributed by atoms with Crippen molar-refractivity contribution in [2.45, 2.75) is 20.8 Å². The number of nitrogens with zero attached hydrogens (tertiary/aromatic N) is 1. The predicted octanol–water partition coefficient (Wildman–Crippen LogP) is 5.34. The Hall–Kier alpha value is -2.41. The highest BCUT2D eigenvalue weighted by molar-refractivity contribution is 5.72. The maximum Gasteiger partial charge on any atom is 0.0707 e. The third kappa shape index (κ3) is 2.73. The Morgan fingerprint density at radius 3 is 2.10 bits per heavy atom. The lowest BCUT2D eigenvalue weighted by molar-refractivity contribution is 1.21. The van der Waals surface area contributed by atoms with E-state index in [1.165, 1.54) is 33.4 Å². The number of benzene rings is 2. The van der Waals surface area contributed by atoms with E-state index in [-0.39, 0.29) is 0 Å². The highest BCUT2D eigenvalue weighted by Crippen LogP contribution is 2.28. The number of aryl methyl sites for hydroxylation is 3. The Morgan fingerprint density at radius 2 is 1.43 bits per heavy atom. The van der Waals surface area contributed by atoms with Crippen molar-refractivity contribution < 1.29 is 0 Å². The van der Waals surface area contributed by atoms with Gasteiger partial charge in [-0.3, -0.25) is 4.98 Å². The summed E-state index contributed by atoms with van der Waals surface area (Å²) in [5, 5.41) is 0. The van der Waals surface area contributed by atoms with Gasteiger partial charge in [-0.25, -0.2) is 0 Å². The van der Waals surface area contributed by atoms with Crippen LogP contribution in [0.4, 0.5) is 0 Å². The molecule has 1 heterocycles. The van der Waals surface area contributed by atoms with Gasteiger partial charge in [0.2, 0.25) is 0 Å². The first-order valence-electron chi connectivity index (χ1n) is 7.25. The molecule has 3 rings (SSSR count). The molecule has 0 radical (unpaired) electrons. The maximum absolute atomic E-state index is 4.57. The van der Waals surface area contributed by atoms with Crippen LogP contribution < -0.4 is 0 Å². The Morgan fingerprint density at radius 1 is 0.667 bits per heavy atom. The largest absolute Gasteiger partial charge is 0.256 e. The average Bonchev–Trinajstić information content (AvgIpc) is 2.51. The number of hydrogen-bond acceptors (Lipinski definition) is 1. The van der Waals surface area contributed by atoms with Gasteiger partial charge in [0.15, 0.2) is 0 Å². The molecule has 1 aromatic heterocycles. The molecule has 3 aromatic rings. The number of aromatic nitrogens is 1. The lowest BCUT2D eigenvalue weighted by Crippen LogP contribution is -1.91. The minimum atomic E-state index is 1.05. The minimum absolute atomic E-state index is 1.05. The van der Waals surface area contributed by atoms with Gasteiger partial charge in [-0.05, 0) is 54.7 Å². The molecule has 1 nitrogen and oxygen atoms in total. The molecule has 0 fully saturated rings. The fourth-order valence-corrected chi connectivity index (χ4v) is 2.53. The van der Waals surface area contributed by atoms with Crippen molar-refractivity contribution >= 4 is 0 Å². The van der Waals surface area contributed by atoms with Crippen LogP contribution in [0, 0.1) is 20.8 Å². The van der Waals surface area contributed by atoms with Gasteiger partial charge in [-0.15, -0.1) is 0 Å². The summed E-state index contributed by atoms with van der Waals surface area (Å²) in [6, 6.07) is 19.2. The molecule has 0 amide bonds. The number of pyridine rings is 1. The van der Waals surface area contributed by atoms with Crippen LogP contribution in [0.2, 0.25) is 0 Å². The second-order valence-corrected chi connectivity index (χ2v) is 5.55. The van der Waals surface area contributed by atoms with E-state index >= 15 is 0 Å². The lowest BCUT2D eigenvalue weighted by Gasteiger charge is -2.10. The summed E-state index contributed by atoms with van der Waals surface area (Å²) in [5.41, 5.74) is 8.53. The summed E-state index contributed by atoms with van der Waals surface area (Å²) in [5.74, 6) is 0. The van der Waals surface area contributed by atoms with E-state index in [0.29, 0.717) is 0 Å². The van der Waals surface area contributed by atoms with Gasteiger partial charge in [0.25, 0.3) is 0 Å². The molecule has 104 valence electrons. The average molecular weight is 273 g/mol.